The summed E-state index contributed by atoms with van der Waals surface area (Å²) >= 11 is 1.76. The summed E-state index contributed by atoms with van der Waals surface area (Å²) in [5.74, 6) is 0. The third-order valence-corrected chi connectivity index (χ3v) is 7.43. The fourth-order valence-electron chi connectivity index (χ4n) is 4.72. The van der Waals surface area contributed by atoms with Crippen LogP contribution in [0.5, 0.6) is 0 Å². The molecule has 0 saturated heterocycles. The van der Waals surface area contributed by atoms with Gasteiger partial charge in [-0.2, -0.15) is 0 Å². The van der Waals surface area contributed by atoms with Crippen molar-refractivity contribution >= 4 is 63.5 Å². The van der Waals surface area contributed by atoms with E-state index in [0.717, 1.165) is 17.1 Å². The van der Waals surface area contributed by atoms with E-state index >= 15 is 0 Å². The molecule has 6 aromatic rings. The largest absolute Gasteiger partial charge is 0.311 e. The van der Waals surface area contributed by atoms with Crippen LogP contribution in [0, 0.1) is 0 Å². The first kappa shape index (κ1) is 23.7. The van der Waals surface area contributed by atoms with E-state index in [4.69, 9.17) is 0 Å². The minimum absolute atomic E-state index is 1.13. The number of rotatable bonds is 7. The second-order valence-electron chi connectivity index (χ2n) is 9.07. The summed E-state index contributed by atoms with van der Waals surface area (Å²) in [5.41, 5.74) is 7.03. The van der Waals surface area contributed by atoms with Crippen molar-refractivity contribution in [2.75, 3.05) is 4.90 Å². The van der Waals surface area contributed by atoms with E-state index in [9.17, 15) is 0 Å². The van der Waals surface area contributed by atoms with Gasteiger partial charge in [-0.15, -0.1) is 11.3 Å². The van der Waals surface area contributed by atoms with E-state index in [2.05, 4.69) is 168 Å². The number of para-hydroxylation sites is 2. The minimum atomic E-state index is 1.13. The lowest BCUT2D eigenvalue weighted by atomic mass is 9.98. The lowest BCUT2D eigenvalue weighted by Crippen LogP contribution is -2.09. The Morgan fingerprint density at radius 2 is 0.947 bits per heavy atom. The van der Waals surface area contributed by atoms with Gasteiger partial charge >= 0.3 is 0 Å². The molecule has 2 heteroatoms. The number of nitrogens with zero attached hydrogens (tertiary/aromatic N) is 1. The Labute approximate surface area is 228 Å². The Kier molecular flexibility index (Phi) is 6.97. The number of hydrogen-bond donors (Lipinski definition) is 0. The molecule has 5 aromatic carbocycles. The fraction of sp³-hybridized carbons (Fsp3) is 0. The Balaban J connectivity index is 1.28. The molecule has 1 nitrogen and oxygen atoms in total. The Hall–Kier alpha value is -4.66. The van der Waals surface area contributed by atoms with E-state index < -0.39 is 0 Å². The molecule has 0 N–H and O–H groups in total. The highest BCUT2D eigenvalue weighted by Gasteiger charge is 2.11. The molecule has 0 aliphatic carbocycles. The first-order valence-electron chi connectivity index (χ1n) is 12.8. The van der Waals surface area contributed by atoms with Crippen LogP contribution in [0.1, 0.15) is 21.6 Å². The molecule has 0 fully saturated rings. The summed E-state index contributed by atoms with van der Waals surface area (Å²) in [4.78, 5) is 3.54. The second kappa shape index (κ2) is 11.2. The van der Waals surface area contributed by atoms with E-state index in [1.54, 1.807) is 11.3 Å². The van der Waals surface area contributed by atoms with Gasteiger partial charge < -0.3 is 4.90 Å². The summed E-state index contributed by atoms with van der Waals surface area (Å²) < 4.78 is 0. The third kappa shape index (κ3) is 5.22. The van der Waals surface area contributed by atoms with Crippen LogP contribution in [0.3, 0.4) is 0 Å². The van der Waals surface area contributed by atoms with Gasteiger partial charge in [-0.05, 0) is 81.4 Å². The minimum Gasteiger partial charge on any atom is -0.311 e. The van der Waals surface area contributed by atoms with Crippen molar-refractivity contribution < 1.29 is 0 Å². The molecule has 0 amide bonds. The average molecular weight is 506 g/mol. The highest BCUT2D eigenvalue weighted by atomic mass is 32.1. The SMILES string of the molecule is C(=Cc1ccc(C=Cc2cccs2)c2ccccc12)c1ccc(N(c2ccccc2)c2ccccc2)cc1. The summed E-state index contributed by atoms with van der Waals surface area (Å²) in [6, 6.07) is 47.1. The molecule has 38 heavy (non-hydrogen) atoms. The molecule has 6 rings (SSSR count). The van der Waals surface area contributed by atoms with E-state index in [1.807, 2.05) is 0 Å². The van der Waals surface area contributed by atoms with Gasteiger partial charge in [0.1, 0.15) is 0 Å². The average Bonchev–Trinajstić information content (AvgIpc) is 3.51. The van der Waals surface area contributed by atoms with Crippen molar-refractivity contribution in [2.45, 2.75) is 0 Å². The predicted octanol–water partition coefficient (Wildman–Crippen LogP) is 10.7. The zero-order valence-corrected chi connectivity index (χ0v) is 21.8. The van der Waals surface area contributed by atoms with Gasteiger partial charge in [-0.25, -0.2) is 0 Å². The number of hydrogen-bond acceptors (Lipinski definition) is 2. The van der Waals surface area contributed by atoms with E-state index in [0.29, 0.717) is 0 Å². The molecule has 0 aliphatic rings. The summed E-state index contributed by atoms with van der Waals surface area (Å²) in [5, 5.41) is 4.63. The molecular formula is C36H27NS. The van der Waals surface area contributed by atoms with Gasteiger partial charge in [0, 0.05) is 21.9 Å². The summed E-state index contributed by atoms with van der Waals surface area (Å²) in [6.45, 7) is 0. The van der Waals surface area contributed by atoms with Crippen molar-refractivity contribution in [2.24, 2.45) is 0 Å². The van der Waals surface area contributed by atoms with Crippen LogP contribution in [0.2, 0.25) is 0 Å². The molecule has 0 radical (unpaired) electrons. The molecule has 0 bridgehead atoms. The van der Waals surface area contributed by atoms with Gasteiger partial charge in [0.2, 0.25) is 0 Å². The van der Waals surface area contributed by atoms with Crippen molar-refractivity contribution in [3.05, 3.63) is 160 Å². The molecule has 0 aliphatic heterocycles. The van der Waals surface area contributed by atoms with Gasteiger partial charge in [0.25, 0.3) is 0 Å². The number of fused-ring (bicyclic) bond motifs is 1. The Morgan fingerprint density at radius 1 is 0.421 bits per heavy atom. The number of benzene rings is 5. The van der Waals surface area contributed by atoms with Gasteiger partial charge in [0.05, 0.1) is 0 Å². The lowest BCUT2D eigenvalue weighted by molar-refractivity contribution is 1.28. The molecular weight excluding hydrogens is 478 g/mol. The van der Waals surface area contributed by atoms with Crippen LogP contribution in [-0.2, 0) is 0 Å². The molecule has 0 atom stereocenters. The maximum Gasteiger partial charge on any atom is 0.0462 e. The van der Waals surface area contributed by atoms with Crippen LogP contribution in [0.25, 0.3) is 35.1 Å². The Bertz CT molecular complexity index is 1640. The Morgan fingerprint density at radius 3 is 1.50 bits per heavy atom. The molecule has 1 heterocycles. The monoisotopic (exact) mass is 505 g/mol. The van der Waals surface area contributed by atoms with E-state index in [1.165, 1.54) is 32.3 Å². The normalized spacial score (nSPS) is 11.5. The van der Waals surface area contributed by atoms with Crippen molar-refractivity contribution in [3.8, 4) is 0 Å². The summed E-state index contributed by atoms with van der Waals surface area (Å²) in [7, 11) is 0. The maximum atomic E-state index is 2.28. The second-order valence-corrected chi connectivity index (χ2v) is 10.0. The smallest absolute Gasteiger partial charge is 0.0462 e. The van der Waals surface area contributed by atoms with Crippen LogP contribution < -0.4 is 4.90 Å². The van der Waals surface area contributed by atoms with Crippen LogP contribution >= 0.6 is 11.3 Å². The molecule has 1 aromatic heterocycles. The van der Waals surface area contributed by atoms with Gasteiger partial charge in [-0.3, -0.25) is 0 Å². The maximum absolute atomic E-state index is 2.28. The first-order valence-corrected chi connectivity index (χ1v) is 13.6. The standard InChI is InChI=1S/C36H27NS/c1-3-10-31(11-4-1)37(32-12-5-2-6-13-32)33-24-18-28(19-25-33)17-20-29-21-22-30(23-26-34-14-9-27-38-34)36-16-8-7-15-35(29)36/h1-27H. The van der Waals surface area contributed by atoms with Crippen molar-refractivity contribution in [3.63, 3.8) is 0 Å². The molecule has 182 valence electrons. The van der Waals surface area contributed by atoms with Gasteiger partial charge in [-0.1, -0.05) is 109 Å². The molecule has 0 unspecified atom stereocenters. The van der Waals surface area contributed by atoms with Gasteiger partial charge in [0.15, 0.2) is 0 Å². The zero-order chi connectivity index (χ0) is 25.6. The molecule has 0 saturated carbocycles. The van der Waals surface area contributed by atoms with Crippen LogP contribution in [0.4, 0.5) is 17.1 Å². The zero-order valence-electron chi connectivity index (χ0n) is 20.9. The number of anilines is 3. The predicted molar refractivity (Wildman–Crippen MR) is 167 cm³/mol. The first-order chi connectivity index (χ1) is 18.8. The summed E-state index contributed by atoms with van der Waals surface area (Å²) in [6.07, 6.45) is 8.82. The third-order valence-electron chi connectivity index (χ3n) is 6.60. The highest BCUT2D eigenvalue weighted by Crippen LogP contribution is 2.34. The number of thiophene rings is 1. The van der Waals surface area contributed by atoms with E-state index in [-0.39, 0.29) is 0 Å². The van der Waals surface area contributed by atoms with Crippen molar-refractivity contribution in [1.29, 1.82) is 0 Å². The molecule has 0 spiro atoms. The topological polar surface area (TPSA) is 3.24 Å². The lowest BCUT2D eigenvalue weighted by Gasteiger charge is -2.25. The van der Waals surface area contributed by atoms with Crippen molar-refractivity contribution in [1.82, 2.24) is 0 Å². The fourth-order valence-corrected chi connectivity index (χ4v) is 5.33. The van der Waals surface area contributed by atoms with Crippen LogP contribution in [-0.4, -0.2) is 0 Å². The quantitative estimate of drug-likeness (QED) is 0.195. The van der Waals surface area contributed by atoms with Crippen LogP contribution in [0.15, 0.2) is 139 Å². The highest BCUT2D eigenvalue weighted by molar-refractivity contribution is 7.10.